The van der Waals surface area contributed by atoms with E-state index in [4.69, 9.17) is 9.47 Å². The smallest absolute Gasteiger partial charge is 0.309 e. The Morgan fingerprint density at radius 1 is 1.12 bits per heavy atom. The molecule has 1 unspecified atom stereocenters. The highest BCUT2D eigenvalue weighted by atomic mass is 32.2. The highest BCUT2D eigenvalue weighted by Gasteiger charge is 2.35. The Hall–Kier alpha value is -2.95. The molecule has 1 fully saturated rings. The predicted octanol–water partition coefficient (Wildman–Crippen LogP) is 1.48. The average molecular weight is 476 g/mol. The second kappa shape index (κ2) is 10.8. The van der Waals surface area contributed by atoms with Crippen LogP contribution in [0.1, 0.15) is 23.1 Å². The van der Waals surface area contributed by atoms with Crippen LogP contribution in [0.5, 0.6) is 5.75 Å². The molecule has 33 heavy (non-hydrogen) atoms. The van der Waals surface area contributed by atoms with E-state index in [0.29, 0.717) is 24.3 Å². The Bertz CT molecular complexity index is 1120. The van der Waals surface area contributed by atoms with Gasteiger partial charge in [0.2, 0.25) is 10.0 Å². The lowest BCUT2D eigenvalue weighted by molar-refractivity contribution is -0.140. The van der Waals surface area contributed by atoms with Crippen molar-refractivity contribution in [3.63, 3.8) is 0 Å². The van der Waals surface area contributed by atoms with Crippen molar-refractivity contribution in [2.45, 2.75) is 37.9 Å². The van der Waals surface area contributed by atoms with Crippen molar-refractivity contribution in [2.75, 3.05) is 26.8 Å². The third-order valence-electron chi connectivity index (χ3n) is 5.36. The van der Waals surface area contributed by atoms with E-state index in [2.05, 4.69) is 10.6 Å². The summed E-state index contributed by atoms with van der Waals surface area (Å²) in [5, 5.41) is 5.02. The summed E-state index contributed by atoms with van der Waals surface area (Å²) in [4.78, 5) is 24.7. The quantitative estimate of drug-likeness (QED) is 0.587. The van der Waals surface area contributed by atoms with E-state index >= 15 is 0 Å². The third kappa shape index (κ3) is 5.89. The minimum Gasteiger partial charge on any atom is -0.496 e. The maximum atomic E-state index is 13.3. The molecular weight excluding hydrogens is 446 g/mol. The van der Waals surface area contributed by atoms with E-state index in [9.17, 15) is 18.0 Å². The first-order valence-electron chi connectivity index (χ1n) is 10.6. The van der Waals surface area contributed by atoms with Crippen molar-refractivity contribution in [1.29, 1.82) is 0 Å². The van der Waals surface area contributed by atoms with E-state index in [1.165, 1.54) is 11.4 Å². The molecule has 0 spiro atoms. The third-order valence-corrected chi connectivity index (χ3v) is 7.39. The predicted molar refractivity (Wildman–Crippen MR) is 122 cm³/mol. The number of methoxy groups -OCH3 is 1. The molecule has 0 aromatic heterocycles. The number of benzene rings is 2. The van der Waals surface area contributed by atoms with Gasteiger partial charge in [-0.1, -0.05) is 30.3 Å². The molecule has 1 aliphatic heterocycles. The molecule has 2 amide bonds. The van der Waals surface area contributed by atoms with Gasteiger partial charge in [0.1, 0.15) is 12.0 Å². The van der Waals surface area contributed by atoms with Crippen molar-refractivity contribution < 1.29 is 27.5 Å². The number of aryl methyl sites for hydroxylation is 2. The molecule has 1 heterocycles. The summed E-state index contributed by atoms with van der Waals surface area (Å²) in [7, 11) is -2.32. The fourth-order valence-corrected chi connectivity index (χ4v) is 5.46. The molecule has 10 heteroatoms. The number of sulfonamides is 1. The normalized spacial score (nSPS) is 16.8. The summed E-state index contributed by atoms with van der Waals surface area (Å²) in [6.45, 7) is 4.15. The van der Waals surface area contributed by atoms with Crippen molar-refractivity contribution in [1.82, 2.24) is 14.9 Å². The van der Waals surface area contributed by atoms with Gasteiger partial charge in [-0.15, -0.1) is 0 Å². The molecule has 2 aromatic carbocycles. The zero-order chi connectivity index (χ0) is 24.0. The standard InChI is InChI=1S/C23H29N3O6S/c1-16-9-10-17(2)20(13-16)33(29,30)26-11-6-12-32-21(26)15-25-23(28)22(27)24-14-18-7-4-5-8-19(18)31-3/h4-5,7-10,13,21H,6,11-12,14-15H2,1-3H3,(H,24,27)(H,25,28). The number of carbonyl (C=O) groups excluding carboxylic acids is 2. The maximum absolute atomic E-state index is 13.3. The average Bonchev–Trinajstić information content (AvgIpc) is 2.82. The lowest BCUT2D eigenvalue weighted by Gasteiger charge is -2.35. The molecule has 2 aromatic rings. The van der Waals surface area contributed by atoms with E-state index in [1.54, 1.807) is 43.3 Å². The number of nitrogens with one attached hydrogen (secondary N) is 2. The molecule has 1 saturated heterocycles. The summed E-state index contributed by atoms with van der Waals surface area (Å²) in [6.07, 6.45) is -0.372. The monoisotopic (exact) mass is 475 g/mol. The van der Waals surface area contributed by atoms with E-state index < -0.39 is 28.1 Å². The van der Waals surface area contributed by atoms with Crippen molar-refractivity contribution >= 4 is 21.8 Å². The van der Waals surface area contributed by atoms with Gasteiger partial charge in [-0.3, -0.25) is 9.59 Å². The Morgan fingerprint density at radius 3 is 2.61 bits per heavy atom. The fourth-order valence-electron chi connectivity index (χ4n) is 3.58. The highest BCUT2D eigenvalue weighted by Crippen LogP contribution is 2.25. The zero-order valence-corrected chi connectivity index (χ0v) is 19.8. The number of hydrogen-bond acceptors (Lipinski definition) is 6. The highest BCUT2D eigenvalue weighted by molar-refractivity contribution is 7.89. The number of ether oxygens (including phenoxy) is 2. The molecule has 0 bridgehead atoms. The maximum Gasteiger partial charge on any atom is 0.309 e. The van der Waals surface area contributed by atoms with Crippen LogP contribution in [-0.2, 0) is 30.9 Å². The Labute approximate surface area is 194 Å². The summed E-state index contributed by atoms with van der Waals surface area (Å²) >= 11 is 0. The first-order chi connectivity index (χ1) is 15.7. The first-order valence-corrected chi connectivity index (χ1v) is 12.1. The van der Waals surface area contributed by atoms with Gasteiger partial charge in [-0.25, -0.2) is 8.42 Å². The van der Waals surface area contributed by atoms with Crippen LogP contribution in [0.3, 0.4) is 0 Å². The molecule has 0 aliphatic carbocycles. The number of rotatable bonds is 7. The number of para-hydroxylation sites is 1. The van der Waals surface area contributed by atoms with Crippen LogP contribution < -0.4 is 15.4 Å². The molecule has 9 nitrogen and oxygen atoms in total. The Kier molecular flexibility index (Phi) is 8.06. The van der Waals surface area contributed by atoms with Gasteiger partial charge >= 0.3 is 11.8 Å². The SMILES string of the molecule is COc1ccccc1CNC(=O)C(=O)NCC1OCCCN1S(=O)(=O)c1cc(C)ccc1C. The number of carbonyl (C=O) groups is 2. The van der Waals surface area contributed by atoms with Gasteiger partial charge in [-0.05, 0) is 43.5 Å². The second-order valence-corrected chi connectivity index (χ2v) is 9.63. The van der Waals surface area contributed by atoms with Gasteiger partial charge in [0.15, 0.2) is 0 Å². The van der Waals surface area contributed by atoms with Crippen LogP contribution in [-0.4, -0.2) is 57.6 Å². The van der Waals surface area contributed by atoms with Gasteiger partial charge in [0.05, 0.1) is 25.2 Å². The number of hydrogen-bond donors (Lipinski definition) is 2. The molecule has 2 N–H and O–H groups in total. The summed E-state index contributed by atoms with van der Waals surface area (Å²) in [6, 6.07) is 12.4. The summed E-state index contributed by atoms with van der Waals surface area (Å²) in [5.74, 6) is -1.11. The second-order valence-electron chi connectivity index (χ2n) is 7.77. The van der Waals surface area contributed by atoms with E-state index in [1.807, 2.05) is 13.0 Å². The van der Waals surface area contributed by atoms with Crippen LogP contribution in [0.25, 0.3) is 0 Å². The van der Waals surface area contributed by atoms with Crippen LogP contribution in [0.15, 0.2) is 47.4 Å². The lowest BCUT2D eigenvalue weighted by Crippen LogP contribution is -2.53. The van der Waals surface area contributed by atoms with E-state index in [-0.39, 0.29) is 24.5 Å². The fraction of sp³-hybridized carbons (Fsp3) is 0.391. The topological polar surface area (TPSA) is 114 Å². The molecular formula is C23H29N3O6S. The van der Waals surface area contributed by atoms with Crippen LogP contribution >= 0.6 is 0 Å². The van der Waals surface area contributed by atoms with Crippen molar-refractivity contribution in [3.05, 3.63) is 59.2 Å². The van der Waals surface area contributed by atoms with Crippen LogP contribution in [0.2, 0.25) is 0 Å². The number of amides is 2. The van der Waals surface area contributed by atoms with Crippen molar-refractivity contribution in [3.8, 4) is 5.75 Å². The molecule has 0 radical (unpaired) electrons. The lowest BCUT2D eigenvalue weighted by atomic mass is 10.2. The van der Waals surface area contributed by atoms with Crippen molar-refractivity contribution in [2.24, 2.45) is 0 Å². The van der Waals surface area contributed by atoms with Crippen LogP contribution in [0, 0.1) is 13.8 Å². The molecule has 1 atom stereocenters. The minimum atomic E-state index is -3.84. The van der Waals surface area contributed by atoms with Gasteiger partial charge in [-0.2, -0.15) is 4.31 Å². The molecule has 0 saturated carbocycles. The molecule has 1 aliphatic rings. The van der Waals surface area contributed by atoms with Crippen LogP contribution in [0.4, 0.5) is 0 Å². The molecule has 178 valence electrons. The molecule has 3 rings (SSSR count). The number of nitrogens with zero attached hydrogens (tertiary/aromatic N) is 1. The van der Waals surface area contributed by atoms with Gasteiger partial charge in [0, 0.05) is 18.7 Å². The van der Waals surface area contributed by atoms with Gasteiger partial charge < -0.3 is 20.1 Å². The van der Waals surface area contributed by atoms with Gasteiger partial charge in [0.25, 0.3) is 0 Å². The minimum absolute atomic E-state index is 0.114. The largest absolute Gasteiger partial charge is 0.496 e. The summed E-state index contributed by atoms with van der Waals surface area (Å²) < 4.78 is 38.7. The Balaban J connectivity index is 1.63. The summed E-state index contributed by atoms with van der Waals surface area (Å²) in [5.41, 5.74) is 2.18. The Morgan fingerprint density at radius 2 is 1.85 bits per heavy atom. The zero-order valence-electron chi connectivity index (χ0n) is 19.0. The first kappa shape index (κ1) is 24.7. The van der Waals surface area contributed by atoms with E-state index in [0.717, 1.165) is 11.1 Å².